The van der Waals surface area contributed by atoms with E-state index in [0.29, 0.717) is 19.6 Å². The molecular formula is C18H29N5O2S. The van der Waals surface area contributed by atoms with Crippen molar-refractivity contribution in [1.82, 2.24) is 23.8 Å². The summed E-state index contributed by atoms with van der Waals surface area (Å²) >= 11 is 0. The van der Waals surface area contributed by atoms with Gasteiger partial charge in [-0.3, -0.25) is 4.68 Å². The highest BCUT2D eigenvalue weighted by atomic mass is 32.2. The Labute approximate surface area is 156 Å². The number of aromatic nitrogens is 3. The smallest absolute Gasteiger partial charge is 0.251 e. The van der Waals surface area contributed by atoms with Gasteiger partial charge in [0.05, 0.1) is 12.6 Å². The van der Waals surface area contributed by atoms with Crippen LogP contribution >= 0.6 is 0 Å². The van der Waals surface area contributed by atoms with E-state index in [1.54, 1.807) is 15.3 Å². The first-order chi connectivity index (χ1) is 12.6. The number of nitrogens with one attached hydrogen (secondary N) is 1. The normalized spacial score (nSPS) is 13.2. The minimum absolute atomic E-state index is 0.388. The van der Waals surface area contributed by atoms with Gasteiger partial charge in [0.15, 0.2) is 0 Å². The molecule has 144 valence electrons. The van der Waals surface area contributed by atoms with Gasteiger partial charge in [0, 0.05) is 13.1 Å². The van der Waals surface area contributed by atoms with Gasteiger partial charge in [0.2, 0.25) is 0 Å². The van der Waals surface area contributed by atoms with Crippen LogP contribution in [0.25, 0.3) is 0 Å². The van der Waals surface area contributed by atoms with Gasteiger partial charge >= 0.3 is 0 Å². The van der Waals surface area contributed by atoms with E-state index >= 15 is 0 Å². The van der Waals surface area contributed by atoms with Crippen molar-refractivity contribution >= 4 is 10.2 Å². The highest BCUT2D eigenvalue weighted by Crippen LogP contribution is 2.17. The monoisotopic (exact) mass is 379 g/mol. The summed E-state index contributed by atoms with van der Waals surface area (Å²) in [5.41, 5.74) is 0.900. The topological polar surface area (TPSA) is 80.1 Å². The molecule has 0 fully saturated rings. The molecule has 2 rings (SSSR count). The average molecular weight is 380 g/mol. The lowest BCUT2D eigenvalue weighted by atomic mass is 10.1. The predicted octanol–water partition coefficient (Wildman–Crippen LogP) is 2.76. The van der Waals surface area contributed by atoms with E-state index in [1.807, 2.05) is 30.3 Å². The zero-order chi connectivity index (χ0) is 18.8. The lowest BCUT2D eigenvalue weighted by molar-refractivity contribution is 0.377. The molecule has 1 heterocycles. The van der Waals surface area contributed by atoms with E-state index in [-0.39, 0.29) is 0 Å². The second-order valence-electron chi connectivity index (χ2n) is 6.31. The molecule has 1 aromatic heterocycles. The highest BCUT2D eigenvalue weighted by molar-refractivity contribution is 7.87. The Balaban J connectivity index is 2.20. The van der Waals surface area contributed by atoms with Gasteiger partial charge in [-0.05, 0) is 18.4 Å². The molecule has 8 heteroatoms. The molecule has 26 heavy (non-hydrogen) atoms. The molecule has 0 saturated carbocycles. The summed E-state index contributed by atoms with van der Waals surface area (Å²) in [6.45, 7) is 5.59. The molecule has 0 amide bonds. The fourth-order valence-electron chi connectivity index (χ4n) is 2.69. The zero-order valence-electron chi connectivity index (χ0n) is 15.6. The molecule has 0 spiro atoms. The summed E-state index contributed by atoms with van der Waals surface area (Å²) < 4.78 is 32.1. The van der Waals surface area contributed by atoms with Crippen LogP contribution in [0, 0.1) is 0 Å². The van der Waals surface area contributed by atoms with Gasteiger partial charge in [-0.25, -0.2) is 4.98 Å². The van der Waals surface area contributed by atoms with Crippen LogP contribution in [0.3, 0.4) is 0 Å². The van der Waals surface area contributed by atoms with Crippen molar-refractivity contribution in [2.75, 3.05) is 13.1 Å². The lowest BCUT2D eigenvalue weighted by Crippen LogP contribution is -2.44. The van der Waals surface area contributed by atoms with Gasteiger partial charge in [0.25, 0.3) is 10.2 Å². The molecule has 0 saturated heterocycles. The van der Waals surface area contributed by atoms with Crippen molar-refractivity contribution in [3.63, 3.8) is 0 Å². The molecule has 0 aliphatic heterocycles. The number of rotatable bonds is 12. The molecule has 1 N–H and O–H groups in total. The fraction of sp³-hybridized carbons (Fsp3) is 0.556. The SMILES string of the molecule is CCCCN(CCCC)S(=O)(=O)NC(Cn1cncn1)c1ccccc1. The Bertz CT molecular complexity index is 711. The Hall–Kier alpha value is -1.77. The molecule has 1 aromatic carbocycles. The lowest BCUT2D eigenvalue weighted by Gasteiger charge is -2.26. The molecule has 0 aliphatic rings. The molecular weight excluding hydrogens is 350 g/mol. The molecule has 7 nitrogen and oxygen atoms in total. The Morgan fingerprint density at radius 2 is 1.77 bits per heavy atom. The van der Waals surface area contributed by atoms with Gasteiger partial charge < -0.3 is 0 Å². The highest BCUT2D eigenvalue weighted by Gasteiger charge is 2.26. The number of unbranched alkanes of at least 4 members (excludes halogenated alkanes) is 2. The van der Waals surface area contributed by atoms with Gasteiger partial charge in [-0.15, -0.1) is 0 Å². The summed E-state index contributed by atoms with van der Waals surface area (Å²) in [6, 6.07) is 9.17. The van der Waals surface area contributed by atoms with E-state index in [2.05, 4.69) is 28.7 Å². The fourth-order valence-corrected chi connectivity index (χ4v) is 4.14. The first-order valence-electron chi connectivity index (χ1n) is 9.21. The van der Waals surface area contributed by atoms with Crippen LogP contribution in [-0.4, -0.2) is 40.6 Å². The summed E-state index contributed by atoms with van der Waals surface area (Å²) in [7, 11) is -3.60. The third kappa shape index (κ3) is 6.19. The summed E-state index contributed by atoms with van der Waals surface area (Å²) in [6.07, 6.45) is 6.66. The third-order valence-electron chi connectivity index (χ3n) is 4.19. The minimum atomic E-state index is -3.60. The molecule has 1 atom stereocenters. The van der Waals surface area contributed by atoms with Crippen LogP contribution in [-0.2, 0) is 16.8 Å². The summed E-state index contributed by atoms with van der Waals surface area (Å²) in [4.78, 5) is 3.95. The van der Waals surface area contributed by atoms with Crippen LogP contribution in [0.2, 0.25) is 0 Å². The van der Waals surface area contributed by atoms with Gasteiger partial charge in [-0.2, -0.15) is 22.5 Å². The molecule has 1 unspecified atom stereocenters. The van der Waals surface area contributed by atoms with E-state index in [0.717, 1.165) is 31.2 Å². The van der Waals surface area contributed by atoms with Gasteiger partial charge in [-0.1, -0.05) is 57.0 Å². The second kappa shape index (κ2) is 10.4. The van der Waals surface area contributed by atoms with Gasteiger partial charge in [0.1, 0.15) is 12.7 Å². The largest absolute Gasteiger partial charge is 0.280 e. The van der Waals surface area contributed by atoms with Crippen LogP contribution in [0.4, 0.5) is 0 Å². The summed E-state index contributed by atoms with van der Waals surface area (Å²) in [5.74, 6) is 0. The van der Waals surface area contributed by atoms with Crippen molar-refractivity contribution < 1.29 is 8.42 Å². The molecule has 0 aliphatic carbocycles. The van der Waals surface area contributed by atoms with Crippen molar-refractivity contribution in [2.45, 2.75) is 52.1 Å². The number of hydrogen-bond acceptors (Lipinski definition) is 4. The Morgan fingerprint density at radius 1 is 1.12 bits per heavy atom. The Kier molecular flexibility index (Phi) is 8.21. The van der Waals surface area contributed by atoms with Crippen LogP contribution < -0.4 is 4.72 Å². The van der Waals surface area contributed by atoms with E-state index in [4.69, 9.17) is 0 Å². The van der Waals surface area contributed by atoms with Crippen molar-refractivity contribution in [3.8, 4) is 0 Å². The van der Waals surface area contributed by atoms with Crippen LogP contribution in [0.5, 0.6) is 0 Å². The first kappa shape index (κ1) is 20.5. The molecule has 0 radical (unpaired) electrons. The first-order valence-corrected chi connectivity index (χ1v) is 10.7. The zero-order valence-corrected chi connectivity index (χ0v) is 16.4. The Morgan fingerprint density at radius 3 is 2.31 bits per heavy atom. The predicted molar refractivity (Wildman–Crippen MR) is 103 cm³/mol. The maximum Gasteiger partial charge on any atom is 0.280 e. The van der Waals surface area contributed by atoms with Crippen molar-refractivity contribution in [1.29, 1.82) is 0 Å². The third-order valence-corrected chi connectivity index (χ3v) is 5.82. The number of nitrogens with zero attached hydrogens (tertiary/aromatic N) is 4. The maximum absolute atomic E-state index is 13.0. The van der Waals surface area contributed by atoms with E-state index in [9.17, 15) is 8.42 Å². The second-order valence-corrected chi connectivity index (χ2v) is 8.01. The summed E-state index contributed by atoms with van der Waals surface area (Å²) in [5, 5.41) is 4.11. The molecule has 2 aromatic rings. The standard InChI is InChI=1S/C18H29N5O2S/c1-3-5-12-23(13-6-4-2)26(24,25)21-18(14-22-16-19-15-20-22)17-10-8-7-9-11-17/h7-11,15-16,18,21H,3-6,12-14H2,1-2H3. The average Bonchev–Trinajstić information content (AvgIpc) is 3.15. The van der Waals surface area contributed by atoms with Crippen LogP contribution in [0.15, 0.2) is 43.0 Å². The van der Waals surface area contributed by atoms with Crippen LogP contribution in [0.1, 0.15) is 51.1 Å². The van der Waals surface area contributed by atoms with E-state index < -0.39 is 16.3 Å². The maximum atomic E-state index is 13.0. The molecule has 0 bridgehead atoms. The van der Waals surface area contributed by atoms with Crippen molar-refractivity contribution in [2.24, 2.45) is 0 Å². The number of hydrogen-bond donors (Lipinski definition) is 1. The number of benzene rings is 1. The minimum Gasteiger partial charge on any atom is -0.251 e. The quantitative estimate of drug-likeness (QED) is 0.615. The van der Waals surface area contributed by atoms with Crippen molar-refractivity contribution in [3.05, 3.63) is 48.5 Å². The van der Waals surface area contributed by atoms with E-state index in [1.165, 1.54) is 6.33 Å².